The molecule has 1 fully saturated rings. The van der Waals surface area contributed by atoms with Crippen molar-refractivity contribution in [1.29, 1.82) is 0 Å². The zero-order valence-corrected chi connectivity index (χ0v) is 12.2. The Morgan fingerprint density at radius 1 is 1.00 bits per heavy atom. The van der Waals surface area contributed by atoms with Gasteiger partial charge in [-0.2, -0.15) is 0 Å². The van der Waals surface area contributed by atoms with Gasteiger partial charge in [0.1, 0.15) is 0 Å². The Kier molecular flexibility index (Phi) is 8.54. The number of likely N-dealkylation sites (N-methyl/N-ethyl adjacent to an activating group) is 2. The highest BCUT2D eigenvalue weighted by Gasteiger charge is 2.10. The average Bonchev–Trinajstić information content (AvgIpc) is 2.41. The van der Waals surface area contributed by atoms with Gasteiger partial charge in [0, 0.05) is 52.9 Å². The molecule has 5 heteroatoms. The number of ether oxygens (including phenoxy) is 2. The van der Waals surface area contributed by atoms with E-state index in [-0.39, 0.29) is 0 Å². The van der Waals surface area contributed by atoms with E-state index in [1.54, 1.807) is 7.11 Å². The van der Waals surface area contributed by atoms with Gasteiger partial charge in [0.2, 0.25) is 0 Å². The number of hydrogen-bond donors (Lipinski definition) is 0. The Labute approximate surface area is 112 Å². The summed E-state index contributed by atoms with van der Waals surface area (Å²) in [6.45, 7) is 10.3. The molecule has 0 spiro atoms. The highest BCUT2D eigenvalue weighted by Crippen LogP contribution is 1.97. The van der Waals surface area contributed by atoms with Gasteiger partial charge >= 0.3 is 0 Å². The van der Waals surface area contributed by atoms with E-state index < -0.39 is 0 Å². The third kappa shape index (κ3) is 7.28. The molecule has 0 N–H and O–H groups in total. The minimum Gasteiger partial charge on any atom is -0.383 e. The zero-order valence-electron chi connectivity index (χ0n) is 12.2. The highest BCUT2D eigenvalue weighted by atomic mass is 16.5. The molecule has 0 saturated carbocycles. The normalized spacial score (nSPS) is 17.8. The van der Waals surface area contributed by atoms with Crippen LogP contribution in [0.3, 0.4) is 0 Å². The second-order valence-corrected chi connectivity index (χ2v) is 5.05. The Morgan fingerprint density at radius 2 is 1.61 bits per heavy atom. The van der Waals surface area contributed by atoms with Crippen molar-refractivity contribution in [2.75, 3.05) is 86.8 Å². The lowest BCUT2D eigenvalue weighted by atomic mass is 10.4. The van der Waals surface area contributed by atoms with E-state index in [1.165, 1.54) is 0 Å². The van der Waals surface area contributed by atoms with Gasteiger partial charge in [0.15, 0.2) is 0 Å². The SMILES string of the molecule is COCCN(C)CCN(C)CCN1CCOCC1. The standard InChI is InChI=1S/C13H29N3O2/c1-14(4-5-15(2)8-11-17-3)6-7-16-9-12-18-13-10-16/h4-13H2,1-3H3. The summed E-state index contributed by atoms with van der Waals surface area (Å²) >= 11 is 0. The van der Waals surface area contributed by atoms with E-state index in [1.807, 2.05) is 0 Å². The largest absolute Gasteiger partial charge is 0.383 e. The van der Waals surface area contributed by atoms with Gasteiger partial charge in [-0.05, 0) is 14.1 Å². The molecule has 0 radical (unpaired) electrons. The van der Waals surface area contributed by atoms with Crippen LogP contribution in [0.1, 0.15) is 0 Å². The molecular formula is C13H29N3O2. The monoisotopic (exact) mass is 259 g/mol. The maximum atomic E-state index is 5.35. The van der Waals surface area contributed by atoms with Crippen LogP contribution in [0.2, 0.25) is 0 Å². The maximum absolute atomic E-state index is 5.35. The number of methoxy groups -OCH3 is 1. The van der Waals surface area contributed by atoms with Crippen molar-refractivity contribution in [3.8, 4) is 0 Å². The quantitative estimate of drug-likeness (QED) is 0.573. The first-order valence-electron chi connectivity index (χ1n) is 6.88. The summed E-state index contributed by atoms with van der Waals surface area (Å²) in [7, 11) is 6.10. The van der Waals surface area contributed by atoms with Crippen LogP contribution < -0.4 is 0 Å². The van der Waals surface area contributed by atoms with Gasteiger partial charge in [0.05, 0.1) is 19.8 Å². The van der Waals surface area contributed by atoms with Crippen molar-refractivity contribution in [3.63, 3.8) is 0 Å². The van der Waals surface area contributed by atoms with Gasteiger partial charge in [-0.3, -0.25) is 4.90 Å². The van der Waals surface area contributed by atoms with Crippen molar-refractivity contribution in [2.24, 2.45) is 0 Å². The minimum absolute atomic E-state index is 0.813. The maximum Gasteiger partial charge on any atom is 0.0594 e. The van der Waals surface area contributed by atoms with E-state index in [9.17, 15) is 0 Å². The molecule has 1 saturated heterocycles. The topological polar surface area (TPSA) is 28.2 Å². The highest BCUT2D eigenvalue weighted by molar-refractivity contribution is 4.65. The molecule has 0 atom stereocenters. The van der Waals surface area contributed by atoms with Crippen molar-refractivity contribution in [2.45, 2.75) is 0 Å². The van der Waals surface area contributed by atoms with Crippen LogP contribution in [0.15, 0.2) is 0 Å². The summed E-state index contributed by atoms with van der Waals surface area (Å²) in [6.07, 6.45) is 0. The molecule has 0 aliphatic carbocycles. The molecule has 1 rings (SSSR count). The van der Waals surface area contributed by atoms with Crippen molar-refractivity contribution in [3.05, 3.63) is 0 Å². The van der Waals surface area contributed by atoms with Crippen LogP contribution in [-0.4, -0.2) is 102 Å². The van der Waals surface area contributed by atoms with Crippen LogP contribution in [-0.2, 0) is 9.47 Å². The molecule has 18 heavy (non-hydrogen) atoms. The van der Waals surface area contributed by atoms with Gasteiger partial charge in [-0.1, -0.05) is 0 Å². The van der Waals surface area contributed by atoms with Crippen LogP contribution in [0, 0.1) is 0 Å². The van der Waals surface area contributed by atoms with E-state index in [0.717, 1.165) is 65.6 Å². The summed E-state index contributed by atoms with van der Waals surface area (Å²) in [5.74, 6) is 0. The van der Waals surface area contributed by atoms with Crippen LogP contribution in [0.5, 0.6) is 0 Å². The first kappa shape index (κ1) is 15.9. The number of nitrogens with zero attached hydrogens (tertiary/aromatic N) is 3. The molecule has 0 aromatic rings. The Morgan fingerprint density at radius 3 is 2.22 bits per heavy atom. The zero-order chi connectivity index (χ0) is 13.2. The van der Waals surface area contributed by atoms with E-state index in [2.05, 4.69) is 28.8 Å². The van der Waals surface area contributed by atoms with Crippen molar-refractivity contribution < 1.29 is 9.47 Å². The van der Waals surface area contributed by atoms with Crippen LogP contribution in [0.4, 0.5) is 0 Å². The number of rotatable bonds is 9. The summed E-state index contributed by atoms with van der Waals surface area (Å²) in [6, 6.07) is 0. The predicted octanol–water partition coefficient (Wildman–Crippen LogP) is -0.171. The van der Waals surface area contributed by atoms with E-state index in [0.29, 0.717) is 0 Å². The smallest absolute Gasteiger partial charge is 0.0594 e. The lowest BCUT2D eigenvalue weighted by Gasteiger charge is -2.29. The van der Waals surface area contributed by atoms with Crippen molar-refractivity contribution in [1.82, 2.24) is 14.7 Å². The summed E-state index contributed by atoms with van der Waals surface area (Å²) in [5, 5.41) is 0. The number of hydrogen-bond acceptors (Lipinski definition) is 5. The molecular weight excluding hydrogens is 230 g/mol. The average molecular weight is 259 g/mol. The third-order valence-corrected chi connectivity index (χ3v) is 3.44. The molecule has 1 heterocycles. The molecule has 1 aliphatic heterocycles. The Hall–Kier alpha value is -0.200. The first-order chi connectivity index (χ1) is 8.72. The predicted molar refractivity (Wildman–Crippen MR) is 74.1 cm³/mol. The van der Waals surface area contributed by atoms with Crippen LogP contribution in [0.25, 0.3) is 0 Å². The lowest BCUT2D eigenvalue weighted by molar-refractivity contribution is 0.0341. The van der Waals surface area contributed by atoms with E-state index >= 15 is 0 Å². The number of morpholine rings is 1. The van der Waals surface area contributed by atoms with Gasteiger partial charge in [-0.25, -0.2) is 0 Å². The second kappa shape index (κ2) is 9.69. The lowest BCUT2D eigenvalue weighted by Crippen LogP contribution is -2.42. The van der Waals surface area contributed by atoms with Crippen LogP contribution >= 0.6 is 0 Å². The first-order valence-corrected chi connectivity index (χ1v) is 6.88. The molecule has 0 bridgehead atoms. The Bertz CT molecular complexity index is 199. The molecule has 0 aromatic carbocycles. The molecule has 0 unspecified atom stereocenters. The van der Waals surface area contributed by atoms with Crippen molar-refractivity contribution >= 4 is 0 Å². The van der Waals surface area contributed by atoms with Gasteiger partial charge in [0.25, 0.3) is 0 Å². The van der Waals surface area contributed by atoms with Gasteiger partial charge < -0.3 is 19.3 Å². The van der Waals surface area contributed by atoms with E-state index in [4.69, 9.17) is 9.47 Å². The third-order valence-electron chi connectivity index (χ3n) is 3.44. The summed E-state index contributed by atoms with van der Waals surface area (Å²) in [4.78, 5) is 7.20. The summed E-state index contributed by atoms with van der Waals surface area (Å²) < 4.78 is 10.4. The fourth-order valence-electron chi connectivity index (χ4n) is 1.95. The fourth-order valence-corrected chi connectivity index (χ4v) is 1.95. The molecule has 1 aliphatic rings. The summed E-state index contributed by atoms with van der Waals surface area (Å²) in [5.41, 5.74) is 0. The minimum atomic E-state index is 0.813. The fraction of sp³-hybridized carbons (Fsp3) is 1.00. The molecule has 5 nitrogen and oxygen atoms in total. The molecule has 0 amide bonds. The molecule has 108 valence electrons. The van der Waals surface area contributed by atoms with Gasteiger partial charge in [-0.15, -0.1) is 0 Å². The second-order valence-electron chi connectivity index (χ2n) is 5.05. The molecule has 0 aromatic heterocycles. The Balaban J connectivity index is 2.00.